The van der Waals surface area contributed by atoms with E-state index in [4.69, 9.17) is 0 Å². The number of piperidine rings is 1. The van der Waals surface area contributed by atoms with Crippen LogP contribution in [-0.4, -0.2) is 48.3 Å². The molecule has 1 aromatic rings. The van der Waals surface area contributed by atoms with E-state index in [9.17, 15) is 9.90 Å². The van der Waals surface area contributed by atoms with Gasteiger partial charge in [0.05, 0.1) is 6.10 Å². The number of amides is 2. The fourth-order valence-corrected chi connectivity index (χ4v) is 3.04. The van der Waals surface area contributed by atoms with E-state index in [1.807, 2.05) is 12.1 Å². The first-order valence-corrected chi connectivity index (χ1v) is 7.81. The first-order valence-electron chi connectivity index (χ1n) is 7.81. The Kier molecular flexibility index (Phi) is 4.29. The summed E-state index contributed by atoms with van der Waals surface area (Å²) in [6, 6.07) is 7.92. The molecule has 2 N–H and O–H groups in total. The van der Waals surface area contributed by atoms with E-state index in [0.29, 0.717) is 19.5 Å². The van der Waals surface area contributed by atoms with E-state index in [-0.39, 0.29) is 12.1 Å². The molecule has 0 radical (unpaired) electrons. The predicted octanol–water partition coefficient (Wildman–Crippen LogP) is 2.28. The average Bonchev–Trinajstić information content (AvgIpc) is 2.96. The van der Waals surface area contributed by atoms with Crippen molar-refractivity contribution in [1.82, 2.24) is 4.90 Å². The topological polar surface area (TPSA) is 55.8 Å². The van der Waals surface area contributed by atoms with Crippen LogP contribution in [0.4, 0.5) is 16.2 Å². The maximum Gasteiger partial charge on any atom is 0.321 e. The number of likely N-dealkylation sites (tertiary alicyclic amines) is 1. The normalized spacial score (nSPS) is 22.4. The van der Waals surface area contributed by atoms with E-state index in [1.165, 1.54) is 24.9 Å². The molecule has 0 unspecified atom stereocenters. The minimum Gasteiger partial charge on any atom is -0.391 e. The summed E-state index contributed by atoms with van der Waals surface area (Å²) >= 11 is 0. The van der Waals surface area contributed by atoms with Crippen molar-refractivity contribution < 1.29 is 9.90 Å². The Balaban J connectivity index is 1.57. The van der Waals surface area contributed by atoms with Crippen molar-refractivity contribution in [2.24, 2.45) is 0 Å². The second kappa shape index (κ2) is 6.35. The molecule has 0 bridgehead atoms. The molecule has 2 amide bonds. The number of hydrogen-bond donors (Lipinski definition) is 2. The van der Waals surface area contributed by atoms with Gasteiger partial charge in [-0.3, -0.25) is 0 Å². The molecule has 2 aliphatic heterocycles. The Hall–Kier alpha value is -1.75. The van der Waals surface area contributed by atoms with Crippen LogP contribution in [0.5, 0.6) is 0 Å². The molecule has 0 spiro atoms. The monoisotopic (exact) mass is 289 g/mol. The smallest absolute Gasteiger partial charge is 0.321 e. The number of carbonyl (C=O) groups is 1. The molecule has 21 heavy (non-hydrogen) atoms. The summed E-state index contributed by atoms with van der Waals surface area (Å²) in [6.45, 7) is 3.30. The number of nitrogens with one attached hydrogen (secondary N) is 1. The van der Waals surface area contributed by atoms with Crippen molar-refractivity contribution in [3.63, 3.8) is 0 Å². The number of β-amino-alcohol motifs (C(OH)–C–C–N with tert-alkyl or cyclic N) is 1. The van der Waals surface area contributed by atoms with Gasteiger partial charge in [0.25, 0.3) is 0 Å². The minimum atomic E-state index is -0.378. The van der Waals surface area contributed by atoms with Crippen molar-refractivity contribution >= 4 is 17.4 Å². The van der Waals surface area contributed by atoms with Crippen LogP contribution in [0.2, 0.25) is 0 Å². The molecular formula is C16H23N3O2. The van der Waals surface area contributed by atoms with Gasteiger partial charge < -0.3 is 20.2 Å². The van der Waals surface area contributed by atoms with Crippen LogP contribution in [0, 0.1) is 0 Å². The summed E-state index contributed by atoms with van der Waals surface area (Å²) < 4.78 is 0. The lowest BCUT2D eigenvalue weighted by molar-refractivity contribution is 0.176. The standard InChI is InChI=1S/C16H23N3O2/c20-15-8-11-19(12-15)16(21)17-13-4-6-14(7-5-13)18-9-2-1-3-10-18/h4-7,15,20H,1-3,8-12H2,(H,17,21)/t15-/m1/s1. The fraction of sp³-hybridized carbons (Fsp3) is 0.562. The zero-order chi connectivity index (χ0) is 14.7. The van der Waals surface area contributed by atoms with E-state index in [0.717, 1.165) is 18.8 Å². The summed E-state index contributed by atoms with van der Waals surface area (Å²) in [7, 11) is 0. The SMILES string of the molecule is O=C(Nc1ccc(N2CCCCC2)cc1)N1CC[C@@H](O)C1. The largest absolute Gasteiger partial charge is 0.391 e. The molecular weight excluding hydrogens is 266 g/mol. The van der Waals surface area contributed by atoms with Crippen molar-refractivity contribution in [2.45, 2.75) is 31.8 Å². The third-order valence-electron chi connectivity index (χ3n) is 4.29. The molecule has 2 saturated heterocycles. The molecule has 2 fully saturated rings. The Morgan fingerprint density at radius 2 is 1.81 bits per heavy atom. The summed E-state index contributed by atoms with van der Waals surface area (Å²) in [5.41, 5.74) is 2.03. The van der Waals surface area contributed by atoms with E-state index < -0.39 is 0 Å². The second-order valence-electron chi connectivity index (χ2n) is 5.91. The van der Waals surface area contributed by atoms with Gasteiger partial charge in [-0.2, -0.15) is 0 Å². The van der Waals surface area contributed by atoms with Crippen LogP contribution in [0.15, 0.2) is 24.3 Å². The van der Waals surface area contributed by atoms with E-state index in [2.05, 4.69) is 22.3 Å². The Labute approximate surface area is 125 Å². The number of rotatable bonds is 2. The van der Waals surface area contributed by atoms with Gasteiger partial charge in [-0.25, -0.2) is 4.79 Å². The number of benzene rings is 1. The molecule has 5 nitrogen and oxygen atoms in total. The maximum absolute atomic E-state index is 12.0. The lowest BCUT2D eigenvalue weighted by atomic mass is 10.1. The summed E-state index contributed by atoms with van der Waals surface area (Å²) in [5, 5.41) is 12.4. The lowest BCUT2D eigenvalue weighted by Gasteiger charge is -2.29. The third-order valence-corrected chi connectivity index (χ3v) is 4.29. The number of urea groups is 1. The number of aliphatic hydroxyl groups is 1. The van der Waals surface area contributed by atoms with Gasteiger partial charge in [0.2, 0.25) is 0 Å². The average molecular weight is 289 g/mol. The van der Waals surface area contributed by atoms with Crippen molar-refractivity contribution in [3.8, 4) is 0 Å². The first kappa shape index (κ1) is 14.2. The van der Waals surface area contributed by atoms with Crippen molar-refractivity contribution in [1.29, 1.82) is 0 Å². The zero-order valence-corrected chi connectivity index (χ0v) is 12.3. The number of anilines is 2. The molecule has 3 rings (SSSR count). The van der Waals surface area contributed by atoms with Crippen molar-refractivity contribution in [3.05, 3.63) is 24.3 Å². The van der Waals surface area contributed by atoms with Crippen LogP contribution in [0.1, 0.15) is 25.7 Å². The minimum absolute atomic E-state index is 0.128. The Morgan fingerprint density at radius 1 is 1.10 bits per heavy atom. The summed E-state index contributed by atoms with van der Waals surface area (Å²) in [5.74, 6) is 0. The molecule has 1 atom stereocenters. The van der Waals surface area contributed by atoms with Crippen LogP contribution in [0.25, 0.3) is 0 Å². The van der Waals surface area contributed by atoms with Gasteiger partial charge in [-0.1, -0.05) is 0 Å². The number of nitrogens with zero attached hydrogens (tertiary/aromatic N) is 2. The summed E-state index contributed by atoms with van der Waals surface area (Å²) in [4.78, 5) is 16.1. The third kappa shape index (κ3) is 3.47. The van der Waals surface area contributed by atoms with Crippen LogP contribution >= 0.6 is 0 Å². The number of aliphatic hydroxyl groups excluding tert-OH is 1. The number of hydrogen-bond acceptors (Lipinski definition) is 3. The van der Waals surface area contributed by atoms with E-state index >= 15 is 0 Å². The van der Waals surface area contributed by atoms with Crippen LogP contribution in [-0.2, 0) is 0 Å². The quantitative estimate of drug-likeness (QED) is 0.878. The highest BCUT2D eigenvalue weighted by Crippen LogP contribution is 2.22. The molecule has 2 heterocycles. The second-order valence-corrected chi connectivity index (χ2v) is 5.91. The van der Waals surface area contributed by atoms with Crippen LogP contribution in [0.3, 0.4) is 0 Å². The van der Waals surface area contributed by atoms with Gasteiger partial charge in [0.15, 0.2) is 0 Å². The maximum atomic E-state index is 12.0. The first-order chi connectivity index (χ1) is 10.2. The van der Waals surface area contributed by atoms with Crippen LogP contribution < -0.4 is 10.2 Å². The van der Waals surface area contributed by atoms with Gasteiger partial charge in [-0.15, -0.1) is 0 Å². The lowest BCUT2D eigenvalue weighted by Crippen LogP contribution is -2.33. The van der Waals surface area contributed by atoms with Gasteiger partial charge in [0, 0.05) is 37.6 Å². The van der Waals surface area contributed by atoms with Gasteiger partial charge in [-0.05, 0) is 49.9 Å². The molecule has 0 aliphatic carbocycles. The highest BCUT2D eigenvalue weighted by atomic mass is 16.3. The van der Waals surface area contributed by atoms with Gasteiger partial charge in [0.1, 0.15) is 0 Å². The summed E-state index contributed by atoms with van der Waals surface area (Å²) in [6.07, 6.45) is 4.14. The number of carbonyl (C=O) groups excluding carboxylic acids is 1. The molecule has 0 saturated carbocycles. The Morgan fingerprint density at radius 3 is 2.43 bits per heavy atom. The molecule has 2 aliphatic rings. The van der Waals surface area contributed by atoms with Gasteiger partial charge >= 0.3 is 6.03 Å². The molecule has 5 heteroatoms. The molecule has 0 aromatic heterocycles. The van der Waals surface area contributed by atoms with E-state index in [1.54, 1.807) is 4.90 Å². The Bertz CT molecular complexity index is 483. The molecule has 114 valence electrons. The molecule has 1 aromatic carbocycles. The predicted molar refractivity (Wildman–Crippen MR) is 83.7 cm³/mol. The highest BCUT2D eigenvalue weighted by molar-refractivity contribution is 5.89. The fourth-order valence-electron chi connectivity index (χ4n) is 3.04. The highest BCUT2D eigenvalue weighted by Gasteiger charge is 2.24. The van der Waals surface area contributed by atoms with Crippen molar-refractivity contribution in [2.75, 3.05) is 36.4 Å². The zero-order valence-electron chi connectivity index (χ0n) is 12.3.